The van der Waals surface area contributed by atoms with Gasteiger partial charge in [0, 0.05) is 12.3 Å². The molecule has 1 aliphatic heterocycles. The van der Waals surface area contributed by atoms with Crippen LogP contribution in [0.2, 0.25) is 0 Å². The predicted octanol–water partition coefficient (Wildman–Crippen LogP) is 2.49. The molecule has 6 heteroatoms. The fourth-order valence-corrected chi connectivity index (χ4v) is 5.40. The first-order valence-electron chi connectivity index (χ1n) is 8.22. The highest BCUT2D eigenvalue weighted by Gasteiger charge is 2.59. The van der Waals surface area contributed by atoms with Crippen molar-refractivity contribution < 1.29 is 22.1 Å². The summed E-state index contributed by atoms with van der Waals surface area (Å²) in [6, 6.07) is 6.75. The molecule has 0 amide bonds. The van der Waals surface area contributed by atoms with Crippen LogP contribution in [-0.4, -0.2) is 34.0 Å². The van der Waals surface area contributed by atoms with E-state index in [-0.39, 0.29) is 23.3 Å². The second-order valence-electron chi connectivity index (χ2n) is 6.97. The molecule has 5 nitrogen and oxygen atoms in total. The lowest BCUT2D eigenvalue weighted by Gasteiger charge is -2.36. The second-order valence-corrected chi connectivity index (χ2v) is 8.58. The van der Waals surface area contributed by atoms with Crippen molar-refractivity contribution in [1.29, 1.82) is 0 Å². The standard InChI is InChI=1S/C17H22O5S/c1-12-2-4-15(5-3-12)23(18,19)22-11-14-8-13-9-16(14)17(10-13)20-6-7-21-17/h2-5,13-14,16H,6-11H2,1H3. The van der Waals surface area contributed by atoms with E-state index in [9.17, 15) is 8.42 Å². The van der Waals surface area contributed by atoms with Crippen LogP contribution in [0.25, 0.3) is 0 Å². The Bertz CT molecular complexity index is 675. The van der Waals surface area contributed by atoms with Gasteiger partial charge in [-0.2, -0.15) is 8.42 Å². The Kier molecular flexibility index (Phi) is 3.76. The van der Waals surface area contributed by atoms with E-state index >= 15 is 0 Å². The van der Waals surface area contributed by atoms with Gasteiger partial charge in [0.1, 0.15) is 0 Å². The number of hydrogen-bond acceptors (Lipinski definition) is 5. The van der Waals surface area contributed by atoms with Crippen molar-refractivity contribution in [1.82, 2.24) is 0 Å². The van der Waals surface area contributed by atoms with Gasteiger partial charge in [0.2, 0.25) is 0 Å². The molecule has 2 aliphatic carbocycles. The van der Waals surface area contributed by atoms with Gasteiger partial charge in [0.05, 0.1) is 24.7 Å². The van der Waals surface area contributed by atoms with E-state index in [2.05, 4.69) is 0 Å². The lowest BCUT2D eigenvalue weighted by atomic mass is 9.84. The molecule has 1 aromatic carbocycles. The zero-order valence-corrected chi connectivity index (χ0v) is 14.1. The molecule has 1 spiro atoms. The molecule has 3 atom stereocenters. The van der Waals surface area contributed by atoms with Crippen molar-refractivity contribution in [3.8, 4) is 0 Å². The molecule has 3 aliphatic rings. The summed E-state index contributed by atoms with van der Waals surface area (Å²) in [7, 11) is -3.70. The molecule has 1 aromatic rings. The third kappa shape index (κ3) is 2.71. The van der Waals surface area contributed by atoms with E-state index in [1.54, 1.807) is 24.3 Å². The van der Waals surface area contributed by atoms with Gasteiger partial charge in [-0.3, -0.25) is 4.18 Å². The molecule has 126 valence electrons. The molecule has 3 unspecified atom stereocenters. The second kappa shape index (κ2) is 5.55. The fraction of sp³-hybridized carbons (Fsp3) is 0.647. The number of rotatable bonds is 4. The van der Waals surface area contributed by atoms with Crippen LogP contribution in [0.1, 0.15) is 24.8 Å². The molecule has 2 bridgehead atoms. The van der Waals surface area contributed by atoms with Crippen molar-refractivity contribution in [3.63, 3.8) is 0 Å². The molecule has 0 aromatic heterocycles. The fourth-order valence-electron chi connectivity index (χ4n) is 4.44. The van der Waals surface area contributed by atoms with E-state index in [4.69, 9.17) is 13.7 Å². The molecule has 0 N–H and O–H groups in total. The number of aryl methyl sites for hydroxylation is 1. The van der Waals surface area contributed by atoms with Gasteiger partial charge in [-0.05, 0) is 43.7 Å². The van der Waals surface area contributed by atoms with Gasteiger partial charge in [-0.25, -0.2) is 0 Å². The minimum absolute atomic E-state index is 0.187. The van der Waals surface area contributed by atoms with Crippen LogP contribution < -0.4 is 0 Å². The molecular weight excluding hydrogens is 316 g/mol. The molecule has 3 fully saturated rings. The lowest BCUT2D eigenvalue weighted by Crippen LogP contribution is -2.42. The van der Waals surface area contributed by atoms with Crippen molar-refractivity contribution in [2.75, 3.05) is 19.8 Å². The van der Waals surface area contributed by atoms with Crippen LogP contribution in [0.15, 0.2) is 29.2 Å². The predicted molar refractivity (Wildman–Crippen MR) is 83.3 cm³/mol. The molecule has 4 rings (SSSR count). The number of hydrogen-bond donors (Lipinski definition) is 0. The summed E-state index contributed by atoms with van der Waals surface area (Å²) >= 11 is 0. The Balaban J connectivity index is 1.44. The summed E-state index contributed by atoms with van der Waals surface area (Å²) in [6.07, 6.45) is 3.00. The largest absolute Gasteiger partial charge is 0.347 e. The quantitative estimate of drug-likeness (QED) is 0.789. The smallest absolute Gasteiger partial charge is 0.296 e. The Morgan fingerprint density at radius 2 is 1.87 bits per heavy atom. The molecule has 1 saturated heterocycles. The summed E-state index contributed by atoms with van der Waals surface area (Å²) in [5.41, 5.74) is 1.02. The third-order valence-electron chi connectivity index (χ3n) is 5.45. The molecule has 1 heterocycles. The highest BCUT2D eigenvalue weighted by atomic mass is 32.2. The van der Waals surface area contributed by atoms with Gasteiger partial charge in [0.25, 0.3) is 10.1 Å². The van der Waals surface area contributed by atoms with Crippen molar-refractivity contribution in [2.24, 2.45) is 17.8 Å². The van der Waals surface area contributed by atoms with Gasteiger partial charge >= 0.3 is 0 Å². The van der Waals surface area contributed by atoms with Crippen molar-refractivity contribution >= 4 is 10.1 Å². The number of ether oxygens (including phenoxy) is 2. The highest BCUT2D eigenvalue weighted by Crippen LogP contribution is 2.57. The maximum atomic E-state index is 12.3. The van der Waals surface area contributed by atoms with Crippen molar-refractivity contribution in [3.05, 3.63) is 29.8 Å². The van der Waals surface area contributed by atoms with E-state index < -0.39 is 15.9 Å². The Labute approximate surface area is 137 Å². The number of benzene rings is 1. The average molecular weight is 338 g/mol. The first-order valence-corrected chi connectivity index (χ1v) is 9.63. The summed E-state index contributed by atoms with van der Waals surface area (Å²) in [4.78, 5) is 0.217. The maximum Gasteiger partial charge on any atom is 0.296 e. The Morgan fingerprint density at radius 3 is 2.52 bits per heavy atom. The average Bonchev–Trinajstić information content (AvgIpc) is 3.22. The monoisotopic (exact) mass is 338 g/mol. The first kappa shape index (κ1) is 15.6. The summed E-state index contributed by atoms with van der Waals surface area (Å²) in [6.45, 7) is 3.41. The van der Waals surface area contributed by atoms with E-state index in [0.717, 1.165) is 24.8 Å². The van der Waals surface area contributed by atoms with Crippen LogP contribution >= 0.6 is 0 Å². The van der Waals surface area contributed by atoms with Crippen LogP contribution in [0.4, 0.5) is 0 Å². The van der Waals surface area contributed by atoms with Gasteiger partial charge in [0.15, 0.2) is 5.79 Å². The highest BCUT2D eigenvalue weighted by molar-refractivity contribution is 7.86. The zero-order valence-electron chi connectivity index (χ0n) is 13.2. The topological polar surface area (TPSA) is 61.8 Å². The molecular formula is C17H22O5S. The van der Waals surface area contributed by atoms with Gasteiger partial charge in [-0.15, -0.1) is 0 Å². The minimum Gasteiger partial charge on any atom is -0.347 e. The summed E-state index contributed by atoms with van der Waals surface area (Å²) in [5, 5.41) is 0. The van der Waals surface area contributed by atoms with Gasteiger partial charge in [-0.1, -0.05) is 17.7 Å². The van der Waals surface area contributed by atoms with Crippen LogP contribution in [-0.2, 0) is 23.8 Å². The van der Waals surface area contributed by atoms with Crippen LogP contribution in [0, 0.1) is 24.7 Å². The van der Waals surface area contributed by atoms with E-state index in [0.29, 0.717) is 19.1 Å². The van der Waals surface area contributed by atoms with E-state index in [1.807, 2.05) is 6.92 Å². The van der Waals surface area contributed by atoms with Crippen molar-refractivity contribution in [2.45, 2.75) is 36.9 Å². The molecule has 2 saturated carbocycles. The Hall–Kier alpha value is -0.950. The summed E-state index contributed by atoms with van der Waals surface area (Å²) in [5.74, 6) is 0.536. The number of fused-ring (bicyclic) bond motifs is 3. The van der Waals surface area contributed by atoms with Crippen LogP contribution in [0.5, 0.6) is 0 Å². The minimum atomic E-state index is -3.70. The van der Waals surface area contributed by atoms with E-state index in [1.165, 1.54) is 0 Å². The molecule has 0 radical (unpaired) electrons. The first-order chi connectivity index (χ1) is 11.0. The third-order valence-corrected chi connectivity index (χ3v) is 6.75. The zero-order chi connectivity index (χ0) is 16.1. The Morgan fingerprint density at radius 1 is 1.17 bits per heavy atom. The van der Waals surface area contributed by atoms with Crippen LogP contribution in [0.3, 0.4) is 0 Å². The van der Waals surface area contributed by atoms with Gasteiger partial charge < -0.3 is 9.47 Å². The SMILES string of the molecule is Cc1ccc(S(=O)(=O)OCC2CC3CC2C2(C3)OCCO2)cc1. The normalized spacial score (nSPS) is 32.0. The molecule has 23 heavy (non-hydrogen) atoms. The lowest BCUT2D eigenvalue weighted by molar-refractivity contribution is -0.203. The maximum absolute atomic E-state index is 12.3. The summed E-state index contributed by atoms with van der Waals surface area (Å²) < 4.78 is 41.8.